The number of nitrogens with zero attached hydrogens (tertiary/aromatic N) is 3. The van der Waals surface area contributed by atoms with Crippen LogP contribution in [0.2, 0.25) is 0 Å². The average Bonchev–Trinajstić information content (AvgIpc) is 1.76. The van der Waals surface area contributed by atoms with Gasteiger partial charge in [-0.25, -0.2) is 0 Å². The minimum absolute atomic E-state index is 0.0586. The van der Waals surface area contributed by atoms with Gasteiger partial charge >= 0.3 is 0 Å². The molecule has 0 amide bonds. The number of aliphatic imine (C=N–C) groups is 1. The van der Waals surface area contributed by atoms with Crippen molar-refractivity contribution in [1.29, 1.82) is 0 Å². The fourth-order valence-electron chi connectivity index (χ4n) is 0.398. The minimum atomic E-state index is -0.107. The maximum absolute atomic E-state index is 4.17. The van der Waals surface area contributed by atoms with Crippen molar-refractivity contribution in [2.75, 3.05) is 0 Å². The molecule has 0 aliphatic heterocycles. The zero-order valence-corrected chi connectivity index (χ0v) is 8.92. The minimum Gasteiger partial charge on any atom is -0.266 e. The van der Waals surface area contributed by atoms with Crippen molar-refractivity contribution in [2.24, 2.45) is 15.2 Å². The highest BCUT2D eigenvalue weighted by Crippen LogP contribution is 2.07. The largest absolute Gasteiger partial charge is 0.266 e. The van der Waals surface area contributed by atoms with Gasteiger partial charge in [-0.15, -0.1) is 5.11 Å². The summed E-state index contributed by atoms with van der Waals surface area (Å²) in [6, 6.07) is 0. The van der Waals surface area contributed by atoms with Gasteiger partial charge in [-0.2, -0.15) is 5.11 Å². The van der Waals surface area contributed by atoms with Gasteiger partial charge in [0.05, 0.1) is 11.1 Å². The van der Waals surface area contributed by atoms with E-state index in [0.29, 0.717) is 0 Å². The van der Waals surface area contributed by atoms with Crippen LogP contribution in [-0.4, -0.2) is 17.4 Å². The van der Waals surface area contributed by atoms with E-state index >= 15 is 0 Å². The summed E-state index contributed by atoms with van der Waals surface area (Å²) >= 11 is 0. The lowest BCUT2D eigenvalue weighted by molar-refractivity contribution is 0.552. The molecule has 0 aliphatic rings. The highest BCUT2D eigenvalue weighted by atomic mass is 15.2. The Morgan fingerprint density at radius 1 is 0.833 bits per heavy atom. The van der Waals surface area contributed by atoms with Gasteiger partial charge in [0.15, 0.2) is 0 Å². The first-order valence-corrected chi connectivity index (χ1v) is 4.16. The maximum atomic E-state index is 4.17. The molecule has 0 aromatic carbocycles. The fourth-order valence-corrected chi connectivity index (χ4v) is 0.398. The molecule has 3 nitrogen and oxygen atoms in total. The predicted molar refractivity (Wildman–Crippen MR) is 52.9 cm³/mol. The Kier molecular flexibility index (Phi) is 3.55. The van der Waals surface area contributed by atoms with E-state index in [4.69, 9.17) is 0 Å². The van der Waals surface area contributed by atoms with E-state index in [1.807, 2.05) is 41.5 Å². The van der Waals surface area contributed by atoms with Crippen LogP contribution in [0.25, 0.3) is 0 Å². The van der Waals surface area contributed by atoms with Crippen LogP contribution in [-0.2, 0) is 0 Å². The maximum Gasteiger partial charge on any atom is 0.132 e. The number of rotatable bonds is 1. The first-order valence-electron chi connectivity index (χ1n) is 4.16. The smallest absolute Gasteiger partial charge is 0.132 e. The van der Waals surface area contributed by atoms with Crippen molar-refractivity contribution >= 4 is 6.34 Å². The van der Waals surface area contributed by atoms with E-state index < -0.39 is 0 Å². The Labute approximate surface area is 75.0 Å². The Morgan fingerprint density at radius 2 is 1.33 bits per heavy atom. The van der Waals surface area contributed by atoms with Crippen LogP contribution >= 0.6 is 0 Å². The number of hydrogen-bond donors (Lipinski definition) is 0. The van der Waals surface area contributed by atoms with Gasteiger partial charge < -0.3 is 0 Å². The summed E-state index contributed by atoms with van der Waals surface area (Å²) in [6.45, 7) is 12.1. The van der Waals surface area contributed by atoms with Gasteiger partial charge in [0, 0.05) is 0 Å². The van der Waals surface area contributed by atoms with Crippen molar-refractivity contribution in [2.45, 2.75) is 52.6 Å². The molecule has 0 N–H and O–H groups in total. The molecule has 0 fully saturated rings. The topological polar surface area (TPSA) is 37.1 Å². The van der Waals surface area contributed by atoms with Crippen molar-refractivity contribution in [3.8, 4) is 0 Å². The molecule has 0 spiro atoms. The Morgan fingerprint density at radius 3 is 1.67 bits per heavy atom. The van der Waals surface area contributed by atoms with Crippen LogP contribution < -0.4 is 0 Å². The lowest BCUT2D eigenvalue weighted by atomic mass is 10.1. The Balaban J connectivity index is 4.00. The predicted octanol–water partition coefficient (Wildman–Crippen LogP) is 3.06. The van der Waals surface area contributed by atoms with Gasteiger partial charge in [-0.1, -0.05) is 0 Å². The molecule has 0 aliphatic carbocycles. The first-order chi connectivity index (χ1) is 5.21. The molecule has 3 heteroatoms. The Bertz CT molecular complexity index is 157. The second-order valence-corrected chi connectivity index (χ2v) is 4.80. The molecule has 0 aromatic heterocycles. The summed E-state index contributed by atoms with van der Waals surface area (Å²) in [5, 5.41) is 7.90. The average molecular weight is 169 g/mol. The third-order valence-corrected chi connectivity index (χ3v) is 0.854. The van der Waals surface area contributed by atoms with E-state index in [2.05, 4.69) is 15.2 Å². The summed E-state index contributed by atoms with van der Waals surface area (Å²) in [7, 11) is 0. The van der Waals surface area contributed by atoms with Crippen LogP contribution in [0.15, 0.2) is 15.2 Å². The monoisotopic (exact) mass is 169 g/mol. The van der Waals surface area contributed by atoms with Gasteiger partial charge in [-0.3, -0.25) is 4.99 Å². The Hall–Kier alpha value is -0.730. The van der Waals surface area contributed by atoms with Crippen molar-refractivity contribution < 1.29 is 0 Å². The summed E-state index contributed by atoms with van der Waals surface area (Å²) in [4.78, 5) is 4.17. The van der Waals surface area contributed by atoms with Crippen LogP contribution in [0, 0.1) is 0 Å². The van der Waals surface area contributed by atoms with Crippen LogP contribution in [0.5, 0.6) is 0 Å². The van der Waals surface area contributed by atoms with Crippen molar-refractivity contribution in [1.82, 2.24) is 0 Å². The molecular formula is C9H19N3. The number of hydrogen-bond acceptors (Lipinski definition) is 2. The van der Waals surface area contributed by atoms with E-state index in [9.17, 15) is 0 Å². The third-order valence-electron chi connectivity index (χ3n) is 0.854. The van der Waals surface area contributed by atoms with Gasteiger partial charge in [0.2, 0.25) is 0 Å². The molecule has 0 atom stereocenters. The molecule has 0 bridgehead atoms. The van der Waals surface area contributed by atoms with Gasteiger partial charge in [0.25, 0.3) is 0 Å². The first kappa shape index (κ1) is 11.3. The molecule has 70 valence electrons. The number of azo groups is 1. The highest BCUT2D eigenvalue weighted by molar-refractivity contribution is 5.55. The second-order valence-electron chi connectivity index (χ2n) is 4.80. The SMILES string of the molecule is CC(C)(C)/N=C\N=N/C(C)(C)C. The summed E-state index contributed by atoms with van der Waals surface area (Å²) in [6.07, 6.45) is 1.52. The van der Waals surface area contributed by atoms with Crippen LogP contribution in [0.4, 0.5) is 0 Å². The molecule has 0 unspecified atom stereocenters. The molecule has 0 rings (SSSR count). The van der Waals surface area contributed by atoms with Gasteiger partial charge in [0.1, 0.15) is 6.34 Å². The zero-order chi connectivity index (χ0) is 9.83. The molecule has 0 radical (unpaired) electrons. The molecule has 0 heterocycles. The lowest BCUT2D eigenvalue weighted by Crippen LogP contribution is -2.10. The molecule has 0 aromatic rings. The highest BCUT2D eigenvalue weighted by Gasteiger charge is 2.06. The molecular weight excluding hydrogens is 150 g/mol. The van der Waals surface area contributed by atoms with Crippen LogP contribution in [0.3, 0.4) is 0 Å². The van der Waals surface area contributed by atoms with E-state index in [1.165, 1.54) is 6.34 Å². The summed E-state index contributed by atoms with van der Waals surface area (Å²) < 4.78 is 0. The van der Waals surface area contributed by atoms with Crippen molar-refractivity contribution in [3.05, 3.63) is 0 Å². The zero-order valence-electron chi connectivity index (χ0n) is 8.92. The quantitative estimate of drug-likeness (QED) is 0.329. The lowest BCUT2D eigenvalue weighted by Gasteiger charge is -2.10. The van der Waals surface area contributed by atoms with E-state index in [0.717, 1.165) is 0 Å². The molecule has 0 saturated carbocycles. The van der Waals surface area contributed by atoms with Crippen LogP contribution in [0.1, 0.15) is 41.5 Å². The standard InChI is InChI=1S/C9H19N3/c1-8(2,3)10-7-11-12-9(4,5)6/h7H,1-6H3/b10-7-,12-11-. The van der Waals surface area contributed by atoms with E-state index in [-0.39, 0.29) is 11.1 Å². The summed E-state index contributed by atoms with van der Waals surface area (Å²) in [5.41, 5.74) is -0.166. The van der Waals surface area contributed by atoms with Crippen molar-refractivity contribution in [3.63, 3.8) is 0 Å². The molecule has 12 heavy (non-hydrogen) atoms. The second kappa shape index (κ2) is 3.78. The third kappa shape index (κ3) is 9.27. The fraction of sp³-hybridized carbons (Fsp3) is 0.889. The van der Waals surface area contributed by atoms with E-state index in [1.54, 1.807) is 0 Å². The molecule has 0 saturated heterocycles. The summed E-state index contributed by atoms with van der Waals surface area (Å²) in [5.74, 6) is 0. The van der Waals surface area contributed by atoms with Gasteiger partial charge in [-0.05, 0) is 41.5 Å². The normalized spacial score (nSPS) is 14.8.